The topological polar surface area (TPSA) is 53.2 Å². The quantitative estimate of drug-likeness (QED) is 0.409. The van der Waals surface area contributed by atoms with Crippen LogP contribution in [0.5, 0.6) is 0 Å². The molecule has 0 aliphatic carbocycles. The van der Waals surface area contributed by atoms with Crippen molar-refractivity contribution < 1.29 is 14.3 Å². The van der Waals surface area contributed by atoms with Gasteiger partial charge in [-0.1, -0.05) is 30.3 Å². The van der Waals surface area contributed by atoms with Crippen molar-refractivity contribution in [2.24, 2.45) is 0 Å². The Labute approximate surface area is 125 Å². The van der Waals surface area contributed by atoms with Gasteiger partial charge in [0.25, 0.3) is 6.47 Å². The molecule has 0 radical (unpaired) electrons. The van der Waals surface area contributed by atoms with E-state index in [2.05, 4.69) is 5.41 Å². The molecular formula is C16H15NO3S. The minimum Gasteiger partial charge on any atom is -0.618 e. The van der Waals surface area contributed by atoms with Gasteiger partial charge >= 0.3 is 0 Å². The highest BCUT2D eigenvalue weighted by Gasteiger charge is 2.33. The maximum absolute atomic E-state index is 12.2. The van der Waals surface area contributed by atoms with Gasteiger partial charge in [0.05, 0.1) is 5.56 Å². The smallest absolute Gasteiger partial charge is 0.294 e. The molecule has 3 rings (SSSR count). The first-order valence-electron chi connectivity index (χ1n) is 6.59. The number of aromatic nitrogens is 1. The first-order chi connectivity index (χ1) is 10.2. The Hall–Kier alpha value is -2.27. The molecule has 1 aliphatic heterocycles. The highest BCUT2D eigenvalue weighted by atomic mass is 32.2. The number of hydrogen-bond acceptors (Lipinski definition) is 3. The van der Waals surface area contributed by atoms with Gasteiger partial charge in [-0.2, -0.15) is 4.73 Å². The van der Waals surface area contributed by atoms with Crippen molar-refractivity contribution in [3.63, 3.8) is 0 Å². The van der Waals surface area contributed by atoms with Gasteiger partial charge in [-0.05, 0) is 24.0 Å². The van der Waals surface area contributed by atoms with E-state index >= 15 is 0 Å². The molecular weight excluding hydrogens is 286 g/mol. The number of thiol groups is 1. The predicted octanol–water partition coefficient (Wildman–Crippen LogP) is 2.60. The summed E-state index contributed by atoms with van der Waals surface area (Å²) < 4.78 is 5.96. The Kier molecular flexibility index (Phi) is 3.66. The van der Waals surface area contributed by atoms with Crippen LogP contribution in [0.3, 0.4) is 0 Å². The molecule has 0 spiro atoms. The standard InChI is InChI=1S/C16H15NO3S/c1-12(20-11-18)21-10-15(13-6-3-2-4-7-13)14-8-5-9-17(19)16(14)21/h2-12,21H,1H3. The highest BCUT2D eigenvalue weighted by molar-refractivity contribution is 8.20. The number of benzene rings is 1. The van der Waals surface area contributed by atoms with E-state index in [0.717, 1.165) is 21.4 Å². The fourth-order valence-corrected chi connectivity index (χ4v) is 4.68. The molecule has 5 heteroatoms. The number of pyridine rings is 1. The van der Waals surface area contributed by atoms with Gasteiger partial charge in [-0.25, -0.2) is 0 Å². The Morgan fingerprint density at radius 3 is 2.71 bits per heavy atom. The molecule has 0 N–H and O–H groups in total. The third kappa shape index (κ3) is 2.40. The fraction of sp³-hybridized carbons (Fsp3) is 0.125. The van der Waals surface area contributed by atoms with Crippen LogP contribution in [-0.2, 0) is 9.53 Å². The minimum atomic E-state index is -0.977. The summed E-state index contributed by atoms with van der Waals surface area (Å²) in [4.78, 5) is 10.6. The van der Waals surface area contributed by atoms with E-state index in [1.165, 1.54) is 6.20 Å². The molecule has 4 nitrogen and oxygen atoms in total. The maximum Gasteiger partial charge on any atom is 0.294 e. The van der Waals surface area contributed by atoms with Gasteiger partial charge in [0.1, 0.15) is 5.44 Å². The molecule has 0 saturated heterocycles. The van der Waals surface area contributed by atoms with Crippen molar-refractivity contribution in [3.05, 3.63) is 70.4 Å². The summed E-state index contributed by atoms with van der Waals surface area (Å²) in [5.41, 5.74) is 2.70. The summed E-state index contributed by atoms with van der Waals surface area (Å²) in [5, 5.41) is 14.9. The van der Waals surface area contributed by atoms with E-state index in [4.69, 9.17) is 4.74 Å². The molecule has 21 heavy (non-hydrogen) atoms. The van der Waals surface area contributed by atoms with Crippen LogP contribution >= 0.6 is 10.9 Å². The molecule has 0 fully saturated rings. The van der Waals surface area contributed by atoms with E-state index in [1.807, 2.05) is 43.3 Å². The minimum absolute atomic E-state index is 0.319. The Morgan fingerprint density at radius 1 is 1.24 bits per heavy atom. The number of rotatable bonds is 4. The van der Waals surface area contributed by atoms with Crippen LogP contribution in [0.2, 0.25) is 0 Å². The van der Waals surface area contributed by atoms with E-state index in [-0.39, 0.29) is 5.44 Å². The van der Waals surface area contributed by atoms with Crippen molar-refractivity contribution in [2.45, 2.75) is 17.4 Å². The number of ether oxygens (including phenoxy) is 1. The Morgan fingerprint density at radius 2 is 2.00 bits per heavy atom. The number of carbonyl (C=O) groups excluding carboxylic acids is 1. The summed E-state index contributed by atoms with van der Waals surface area (Å²) in [7, 11) is -0.977. The van der Waals surface area contributed by atoms with Crippen LogP contribution in [0.25, 0.3) is 5.57 Å². The molecule has 108 valence electrons. The second-order valence-electron chi connectivity index (χ2n) is 4.72. The molecule has 2 aromatic rings. The summed E-state index contributed by atoms with van der Waals surface area (Å²) >= 11 is 0. The number of hydrogen-bond donors (Lipinski definition) is 1. The van der Waals surface area contributed by atoms with Gasteiger partial charge in [-0.15, -0.1) is 10.9 Å². The lowest BCUT2D eigenvalue weighted by atomic mass is 10.0. The van der Waals surface area contributed by atoms with Gasteiger partial charge in [0, 0.05) is 11.6 Å². The second kappa shape index (κ2) is 5.61. The summed E-state index contributed by atoms with van der Waals surface area (Å²) in [6.45, 7) is 2.26. The number of fused-ring (bicyclic) bond motifs is 1. The molecule has 2 atom stereocenters. The third-order valence-electron chi connectivity index (χ3n) is 3.47. The van der Waals surface area contributed by atoms with Crippen molar-refractivity contribution in [3.8, 4) is 0 Å². The van der Waals surface area contributed by atoms with Crippen LogP contribution in [0.1, 0.15) is 18.1 Å². The number of carbonyl (C=O) groups is 1. The molecule has 2 unspecified atom stereocenters. The Balaban J connectivity index is 2.12. The van der Waals surface area contributed by atoms with Crippen LogP contribution in [0.4, 0.5) is 0 Å². The molecule has 2 heterocycles. The normalized spacial score (nSPS) is 19.5. The van der Waals surface area contributed by atoms with Gasteiger partial charge in [-0.3, -0.25) is 4.79 Å². The first-order valence-corrected chi connectivity index (χ1v) is 8.07. The van der Waals surface area contributed by atoms with E-state index in [1.54, 1.807) is 6.07 Å². The second-order valence-corrected chi connectivity index (χ2v) is 6.94. The van der Waals surface area contributed by atoms with Crippen molar-refractivity contribution in [1.82, 2.24) is 0 Å². The average molecular weight is 301 g/mol. The van der Waals surface area contributed by atoms with E-state index in [0.29, 0.717) is 11.5 Å². The highest BCUT2D eigenvalue weighted by Crippen LogP contribution is 2.52. The SMILES string of the molecule is CC(OC=O)[SH]1C=C(c2ccccc2)c2ccc[n+]([O-])c21. The molecule has 1 aliphatic rings. The fourth-order valence-electron chi connectivity index (χ4n) is 2.49. The van der Waals surface area contributed by atoms with Gasteiger partial charge in [0.15, 0.2) is 6.20 Å². The maximum atomic E-state index is 12.2. The lowest BCUT2D eigenvalue weighted by Gasteiger charge is -2.19. The zero-order valence-corrected chi connectivity index (χ0v) is 12.4. The first kappa shape index (κ1) is 13.7. The van der Waals surface area contributed by atoms with Crippen molar-refractivity contribution in [1.29, 1.82) is 0 Å². The average Bonchev–Trinajstić information content (AvgIpc) is 2.89. The summed E-state index contributed by atoms with van der Waals surface area (Å²) in [6.07, 6.45) is 1.49. The molecule has 1 aromatic heterocycles. The number of nitrogens with zero attached hydrogens (tertiary/aromatic N) is 1. The molecule has 0 amide bonds. The van der Waals surface area contributed by atoms with Crippen LogP contribution in [0, 0.1) is 5.21 Å². The van der Waals surface area contributed by atoms with Crippen LogP contribution in [0.15, 0.2) is 59.1 Å². The third-order valence-corrected chi connectivity index (χ3v) is 5.83. The van der Waals surface area contributed by atoms with Crippen LogP contribution < -0.4 is 4.73 Å². The lowest BCUT2D eigenvalue weighted by molar-refractivity contribution is -0.645. The largest absolute Gasteiger partial charge is 0.618 e. The summed E-state index contributed by atoms with van der Waals surface area (Å²) in [5.74, 6) is 0. The molecule has 0 bridgehead atoms. The van der Waals surface area contributed by atoms with Gasteiger partial charge in [0.2, 0.25) is 5.03 Å². The zero-order chi connectivity index (χ0) is 14.8. The molecule has 1 aromatic carbocycles. The Bertz CT molecular complexity index is 700. The van der Waals surface area contributed by atoms with Gasteiger partial charge < -0.3 is 9.94 Å². The van der Waals surface area contributed by atoms with Crippen molar-refractivity contribution >= 4 is 22.9 Å². The zero-order valence-electron chi connectivity index (χ0n) is 11.5. The predicted molar refractivity (Wildman–Crippen MR) is 82.8 cm³/mol. The van der Waals surface area contributed by atoms with E-state index in [9.17, 15) is 10.0 Å². The lowest BCUT2D eigenvalue weighted by Crippen LogP contribution is -2.31. The summed E-state index contributed by atoms with van der Waals surface area (Å²) in [6, 6.07) is 13.6. The molecule has 0 saturated carbocycles. The van der Waals surface area contributed by atoms with E-state index < -0.39 is 10.9 Å². The van der Waals surface area contributed by atoms with Crippen molar-refractivity contribution in [2.75, 3.05) is 0 Å². The monoisotopic (exact) mass is 301 g/mol. The van der Waals surface area contributed by atoms with Crippen LogP contribution in [-0.4, -0.2) is 11.9 Å².